The molecule has 4 aromatic rings. The average Bonchev–Trinajstić information content (AvgIpc) is 3.78. The van der Waals surface area contributed by atoms with Gasteiger partial charge in [0, 0.05) is 64.6 Å². The molecule has 67 heavy (non-hydrogen) atoms. The molecule has 0 atom stereocenters. The number of Topliss-reactive ketones (excluding diaryl/α,β-unsaturated/α-hetero) is 4. The second-order valence-electron chi connectivity index (χ2n) is 15.9. The van der Waals surface area contributed by atoms with Crippen LogP contribution in [0.3, 0.4) is 0 Å². The van der Waals surface area contributed by atoms with E-state index in [0.717, 1.165) is 50.7 Å². The number of benzene rings is 4. The fourth-order valence-electron chi connectivity index (χ4n) is 8.00. The fourth-order valence-corrected chi connectivity index (χ4v) is 8.45. The topological polar surface area (TPSA) is 167 Å². The first-order chi connectivity index (χ1) is 31.7. The Morgan fingerprint density at radius 2 is 0.851 bits per heavy atom. The highest BCUT2D eigenvalue weighted by atomic mass is 32.2. The van der Waals surface area contributed by atoms with Crippen molar-refractivity contribution in [2.24, 2.45) is 0 Å². The summed E-state index contributed by atoms with van der Waals surface area (Å²) in [5.74, 6) is -5.09. The molecule has 4 aromatic carbocycles. The van der Waals surface area contributed by atoms with Crippen LogP contribution in [-0.2, 0) is 40.5 Å². The molecular weight excluding hydrogens is 918 g/mol. The maximum atomic E-state index is 14.1. The van der Waals surface area contributed by atoms with Crippen LogP contribution in [0.2, 0.25) is 0 Å². The van der Waals surface area contributed by atoms with Crippen molar-refractivity contribution in [1.29, 1.82) is 0 Å². The molecule has 0 saturated heterocycles. The maximum absolute atomic E-state index is 14.1. The van der Waals surface area contributed by atoms with E-state index in [0.29, 0.717) is 84.7 Å². The quantitative estimate of drug-likeness (QED) is 0.0679. The van der Waals surface area contributed by atoms with Crippen molar-refractivity contribution in [3.05, 3.63) is 122 Å². The number of phenolic OH excluding ortho intramolecular Hbond substituents is 1. The van der Waals surface area contributed by atoms with E-state index in [1.807, 2.05) is 0 Å². The first-order valence-corrected chi connectivity index (χ1v) is 22.8. The van der Waals surface area contributed by atoms with Crippen molar-refractivity contribution in [3.63, 3.8) is 0 Å². The molecule has 0 fully saturated rings. The van der Waals surface area contributed by atoms with E-state index in [1.54, 1.807) is 6.07 Å². The van der Waals surface area contributed by atoms with Crippen molar-refractivity contribution >= 4 is 39.2 Å². The van der Waals surface area contributed by atoms with Crippen LogP contribution >= 0.6 is 0 Å². The average molecular weight is 965 g/mol. The van der Waals surface area contributed by atoms with Gasteiger partial charge in [0.25, 0.3) is 0 Å². The van der Waals surface area contributed by atoms with Gasteiger partial charge in [-0.1, -0.05) is 6.07 Å². The second kappa shape index (κ2) is 22.6. The third-order valence-electron chi connectivity index (χ3n) is 11.5. The summed E-state index contributed by atoms with van der Waals surface area (Å²) in [5.41, 5.74) is -3.15. The molecule has 4 aliphatic rings. The Bertz CT molecular complexity index is 2660. The minimum Gasteiger partial charge on any atom is -0.505 e. The molecule has 0 spiro atoms. The third-order valence-corrected chi connectivity index (χ3v) is 12.5. The van der Waals surface area contributed by atoms with Crippen LogP contribution < -0.4 is 8.92 Å². The number of ketones is 4. The number of carbonyl (C=O) groups excluding carboxylic acids is 5. The monoisotopic (exact) mass is 964 g/mol. The van der Waals surface area contributed by atoms with E-state index in [-0.39, 0.29) is 70.0 Å². The Morgan fingerprint density at radius 1 is 0.507 bits per heavy atom. The van der Waals surface area contributed by atoms with Gasteiger partial charge in [-0.15, -0.1) is 0 Å². The molecule has 360 valence electrons. The Morgan fingerprint density at radius 3 is 1.25 bits per heavy atom. The molecule has 0 radical (unpaired) electrons. The van der Waals surface area contributed by atoms with Crippen molar-refractivity contribution in [3.8, 4) is 17.2 Å². The van der Waals surface area contributed by atoms with Crippen LogP contribution in [0.25, 0.3) is 0 Å². The van der Waals surface area contributed by atoms with Crippen molar-refractivity contribution < 1.29 is 81.9 Å². The predicted molar refractivity (Wildman–Crippen MR) is 228 cm³/mol. The van der Waals surface area contributed by atoms with Crippen molar-refractivity contribution in [1.82, 2.24) is 0 Å². The molecule has 0 unspecified atom stereocenters. The normalized spacial score (nSPS) is 15.8. The highest BCUT2D eigenvalue weighted by Crippen LogP contribution is 2.34. The number of rotatable bonds is 4. The maximum Gasteiger partial charge on any atom is 0.534 e. The lowest BCUT2D eigenvalue weighted by Gasteiger charge is -2.13. The van der Waals surface area contributed by atoms with Crippen LogP contribution in [0.15, 0.2) is 48.5 Å². The number of hydrogen-bond donors (Lipinski definition) is 1. The highest BCUT2D eigenvalue weighted by Gasteiger charge is 2.49. The minimum atomic E-state index is -5.95. The Kier molecular flexibility index (Phi) is 17.5. The Labute approximate surface area is 381 Å². The Hall–Kier alpha value is -6.11. The summed E-state index contributed by atoms with van der Waals surface area (Å²) >= 11 is 0. The first-order valence-electron chi connectivity index (χ1n) is 21.4. The molecule has 19 heteroatoms. The summed E-state index contributed by atoms with van der Waals surface area (Å²) < 4.78 is 127. The summed E-state index contributed by atoms with van der Waals surface area (Å²) in [7, 11) is -3.31. The van der Waals surface area contributed by atoms with E-state index in [9.17, 15) is 63.1 Å². The first kappa shape index (κ1) is 51.9. The van der Waals surface area contributed by atoms with Gasteiger partial charge in [-0.3, -0.25) is 19.2 Å². The van der Waals surface area contributed by atoms with Gasteiger partial charge >= 0.3 is 21.6 Å². The largest absolute Gasteiger partial charge is 0.534 e. The molecule has 0 aromatic heterocycles. The molecule has 1 N–H and O–H groups in total. The molecule has 0 bridgehead atoms. The number of halogens is 7. The molecular formula is C48H47F7O11S. The molecule has 0 aliphatic heterocycles. The van der Waals surface area contributed by atoms with Crippen LogP contribution in [0, 0.1) is 23.3 Å². The zero-order valence-electron chi connectivity index (χ0n) is 36.5. The zero-order valence-corrected chi connectivity index (χ0v) is 37.3. The molecule has 0 saturated carbocycles. The molecule has 0 amide bonds. The summed E-state index contributed by atoms with van der Waals surface area (Å²) in [6.07, 6.45) is 9.33. The smallest absolute Gasteiger partial charge is 0.505 e. The van der Waals surface area contributed by atoms with Crippen molar-refractivity contribution in [2.75, 3.05) is 14.2 Å². The Balaban J connectivity index is 0.000000169. The number of ether oxygens (including phenoxy) is 2. The van der Waals surface area contributed by atoms with Crippen molar-refractivity contribution in [2.45, 2.75) is 108 Å². The number of methoxy groups -OCH3 is 2. The lowest BCUT2D eigenvalue weighted by molar-refractivity contribution is -0.0501. The predicted octanol–water partition coefficient (Wildman–Crippen LogP) is 10.7. The number of carbonyl (C=O) groups is 5. The molecule has 0 heterocycles. The van der Waals surface area contributed by atoms with Gasteiger partial charge in [0.2, 0.25) is 0 Å². The summed E-state index contributed by atoms with van der Waals surface area (Å²) in [5, 5.41) is 9.17. The van der Waals surface area contributed by atoms with E-state index >= 15 is 0 Å². The molecule has 11 nitrogen and oxygen atoms in total. The number of hydrogen-bond acceptors (Lipinski definition) is 11. The van der Waals surface area contributed by atoms with Gasteiger partial charge < -0.3 is 18.8 Å². The molecule has 4 aliphatic carbocycles. The van der Waals surface area contributed by atoms with Crippen LogP contribution in [0.4, 0.5) is 30.7 Å². The van der Waals surface area contributed by atoms with Gasteiger partial charge in [-0.2, -0.15) is 21.6 Å². The lowest BCUT2D eigenvalue weighted by atomic mass is 9.98. The minimum absolute atomic E-state index is 0.0172. The summed E-state index contributed by atoms with van der Waals surface area (Å²) in [4.78, 5) is 57.9. The number of alkyl halides is 3. The molecule has 8 rings (SSSR count). The summed E-state index contributed by atoms with van der Waals surface area (Å²) in [6, 6.07) is 10.6. The summed E-state index contributed by atoms with van der Waals surface area (Å²) in [6.45, 7) is 0. The SMILES string of the molecule is COC(=O)c1ccc2c(c1F)CCCCC2=O.COc1ccc2c(c1F)CCCCC2=O.O=C1CCCCc2c1ccc(O)c2F.O=C1CCCCc2c1ccc(OS(=O)(=O)C(F)(F)F)c2F. The van der Waals surface area contributed by atoms with Crippen LogP contribution in [-0.4, -0.2) is 62.4 Å². The number of esters is 1. The van der Waals surface area contributed by atoms with E-state index in [1.165, 1.54) is 44.6 Å². The number of phenols is 1. The fraction of sp³-hybridized carbons (Fsp3) is 0.396. The zero-order chi connectivity index (χ0) is 49.2. The number of aromatic hydroxyl groups is 1. The van der Waals surface area contributed by atoms with Crippen LogP contribution in [0.1, 0.15) is 151 Å². The van der Waals surface area contributed by atoms with E-state index < -0.39 is 44.8 Å². The van der Waals surface area contributed by atoms with Gasteiger partial charge in [0.1, 0.15) is 5.82 Å². The van der Waals surface area contributed by atoms with Crippen LogP contribution in [0.5, 0.6) is 17.2 Å². The standard InChI is InChI=1S/C13H13FO3.C12H10F4O4S.C12H13FO2.C11H11FO2/c1-17-13(16)10-7-6-8-9(12(10)14)4-2-3-5-11(8)15;13-11-8-3-1-2-4-9(17)7(8)5-6-10(11)20-21(18,19)12(14,15)16;1-15-11-7-6-8-9(12(11)13)4-2-3-5-10(8)14;12-11-8-3-1-2-4-9(13)7(8)5-6-10(11)14/h6-7H,2-5H2,1H3;5-6H,1-4H2;6-7H,2-5H2,1H3;5-6,14H,1-4H2. The van der Waals surface area contributed by atoms with E-state index in [2.05, 4.69) is 8.92 Å². The van der Waals surface area contributed by atoms with Gasteiger partial charge in [-0.05, 0) is 125 Å². The van der Waals surface area contributed by atoms with E-state index in [4.69, 9.17) is 9.84 Å². The lowest BCUT2D eigenvalue weighted by Crippen LogP contribution is -2.28. The third kappa shape index (κ3) is 12.3. The highest BCUT2D eigenvalue weighted by molar-refractivity contribution is 7.88. The van der Waals surface area contributed by atoms with Gasteiger partial charge in [0.05, 0.1) is 19.8 Å². The second-order valence-corrected chi connectivity index (χ2v) is 17.4. The van der Waals surface area contributed by atoms with Gasteiger partial charge in [0.15, 0.2) is 57.8 Å². The number of fused-ring (bicyclic) bond motifs is 4. The van der Waals surface area contributed by atoms with Gasteiger partial charge in [-0.25, -0.2) is 22.4 Å².